The summed E-state index contributed by atoms with van der Waals surface area (Å²) in [6.45, 7) is 0.748. The maximum Gasteiger partial charge on any atom is 0.221 e. The van der Waals surface area contributed by atoms with Crippen molar-refractivity contribution in [2.24, 2.45) is 0 Å². The van der Waals surface area contributed by atoms with Gasteiger partial charge in [0.25, 0.3) is 0 Å². The van der Waals surface area contributed by atoms with Gasteiger partial charge < -0.3 is 20.5 Å². The molecule has 0 aliphatic carbocycles. The van der Waals surface area contributed by atoms with Crippen molar-refractivity contribution in [3.63, 3.8) is 0 Å². The first-order valence-corrected chi connectivity index (χ1v) is 13.6. The Balaban J connectivity index is 1.60. The Morgan fingerprint density at radius 1 is 1.00 bits per heavy atom. The van der Waals surface area contributed by atoms with E-state index >= 15 is 0 Å². The van der Waals surface area contributed by atoms with E-state index in [1.165, 1.54) is 24.3 Å². The number of sulfone groups is 1. The zero-order valence-electron chi connectivity index (χ0n) is 20.1. The fourth-order valence-corrected chi connectivity index (χ4v) is 5.07. The van der Waals surface area contributed by atoms with E-state index in [9.17, 15) is 18.3 Å². The molecule has 0 radical (unpaired) electrons. The number of amides is 1. The quantitative estimate of drug-likeness (QED) is 0.313. The van der Waals surface area contributed by atoms with Crippen molar-refractivity contribution in [3.8, 4) is 5.75 Å². The number of nitrogens with one attached hydrogen (secondary N) is 2. The number of ether oxygens (including phenoxy) is 1. The lowest BCUT2D eigenvalue weighted by atomic mass is 10.0. The Morgan fingerprint density at radius 3 is 2.39 bits per heavy atom. The maximum atomic E-state index is 12.7. The number of carbonyl (C=O) groups is 1. The monoisotopic (exact) mass is 530 g/mol. The molecule has 9 heteroatoms. The van der Waals surface area contributed by atoms with Crippen LogP contribution in [0.3, 0.4) is 0 Å². The van der Waals surface area contributed by atoms with Crippen molar-refractivity contribution in [1.29, 1.82) is 0 Å². The van der Waals surface area contributed by atoms with Gasteiger partial charge in [-0.05, 0) is 53.9 Å². The summed E-state index contributed by atoms with van der Waals surface area (Å²) in [5.74, 6) is -0.0409. The molecule has 3 rings (SSSR count). The van der Waals surface area contributed by atoms with E-state index in [1.54, 1.807) is 7.11 Å². The molecule has 3 aromatic carbocycles. The van der Waals surface area contributed by atoms with E-state index in [1.807, 2.05) is 54.6 Å². The summed E-state index contributed by atoms with van der Waals surface area (Å²) in [6, 6.07) is 22.4. The number of benzene rings is 3. The van der Waals surface area contributed by atoms with Crippen molar-refractivity contribution in [2.75, 3.05) is 19.4 Å². The van der Waals surface area contributed by atoms with E-state index in [-0.39, 0.29) is 23.6 Å². The number of hydrogen-bond donors (Lipinski definition) is 3. The van der Waals surface area contributed by atoms with Crippen LogP contribution in [-0.4, -0.2) is 51.0 Å². The highest BCUT2D eigenvalue weighted by Crippen LogP contribution is 2.16. The van der Waals surface area contributed by atoms with Crippen LogP contribution in [0.25, 0.3) is 0 Å². The third kappa shape index (κ3) is 8.64. The minimum Gasteiger partial charge on any atom is -0.497 e. The summed E-state index contributed by atoms with van der Waals surface area (Å²) in [6.07, 6.45) is -0.716. The molecule has 0 aliphatic heterocycles. The van der Waals surface area contributed by atoms with Crippen molar-refractivity contribution in [3.05, 3.63) is 95.0 Å². The Hall–Kier alpha value is -2.91. The molecule has 0 saturated carbocycles. The van der Waals surface area contributed by atoms with Gasteiger partial charge >= 0.3 is 0 Å². The first kappa shape index (κ1) is 27.7. The number of methoxy groups -OCH3 is 1. The minimum atomic E-state index is -3.64. The minimum absolute atomic E-state index is 0.113. The summed E-state index contributed by atoms with van der Waals surface area (Å²) in [4.78, 5) is 12.8. The molecule has 2 atom stereocenters. The Morgan fingerprint density at radius 2 is 1.69 bits per heavy atom. The third-order valence-electron chi connectivity index (χ3n) is 5.70. The zero-order chi connectivity index (χ0) is 26.0. The lowest BCUT2D eigenvalue weighted by Gasteiger charge is -2.25. The van der Waals surface area contributed by atoms with Gasteiger partial charge in [-0.25, -0.2) is 8.42 Å². The van der Waals surface area contributed by atoms with Crippen molar-refractivity contribution in [1.82, 2.24) is 10.6 Å². The van der Waals surface area contributed by atoms with E-state index in [2.05, 4.69) is 10.6 Å². The lowest BCUT2D eigenvalue weighted by molar-refractivity contribution is -0.122. The molecule has 0 saturated heterocycles. The molecule has 0 bridgehead atoms. The molecule has 0 aromatic heterocycles. The zero-order valence-corrected chi connectivity index (χ0v) is 21.6. The number of aliphatic hydroxyl groups is 1. The van der Waals surface area contributed by atoms with E-state index in [0.29, 0.717) is 18.0 Å². The number of carbonyl (C=O) groups excluding carboxylic acids is 1. The highest BCUT2D eigenvalue weighted by atomic mass is 35.5. The Kier molecular flexibility index (Phi) is 10.3. The smallest absolute Gasteiger partial charge is 0.221 e. The van der Waals surface area contributed by atoms with Crippen LogP contribution in [0.5, 0.6) is 5.75 Å². The van der Waals surface area contributed by atoms with Crippen LogP contribution in [0.2, 0.25) is 5.02 Å². The first-order valence-electron chi connectivity index (χ1n) is 11.6. The molecule has 0 fully saturated rings. The summed E-state index contributed by atoms with van der Waals surface area (Å²) >= 11 is 5.83. The second-order valence-corrected chi connectivity index (χ2v) is 11.0. The highest BCUT2D eigenvalue weighted by molar-refractivity contribution is 7.91. The molecular formula is C27H31ClN2O5S. The van der Waals surface area contributed by atoms with Gasteiger partial charge in [0.1, 0.15) is 5.75 Å². The van der Waals surface area contributed by atoms with Gasteiger partial charge in [0.2, 0.25) is 5.91 Å². The molecule has 3 N–H and O–H groups in total. The first-order chi connectivity index (χ1) is 17.3. The molecule has 36 heavy (non-hydrogen) atoms. The van der Waals surface area contributed by atoms with Crippen molar-refractivity contribution >= 4 is 27.3 Å². The predicted molar refractivity (Wildman–Crippen MR) is 141 cm³/mol. The molecule has 0 aliphatic rings. The lowest BCUT2D eigenvalue weighted by Crippen LogP contribution is -2.48. The van der Waals surface area contributed by atoms with Crippen LogP contribution >= 0.6 is 11.6 Å². The molecule has 1 amide bonds. The topological polar surface area (TPSA) is 105 Å². The van der Waals surface area contributed by atoms with Crippen LogP contribution in [0.4, 0.5) is 0 Å². The average Bonchev–Trinajstić information content (AvgIpc) is 2.88. The van der Waals surface area contributed by atoms with Gasteiger partial charge in [-0.1, -0.05) is 54.1 Å². The summed E-state index contributed by atoms with van der Waals surface area (Å²) in [5, 5.41) is 17.4. The van der Waals surface area contributed by atoms with Gasteiger partial charge in [-0.15, -0.1) is 0 Å². The van der Waals surface area contributed by atoms with Crippen LogP contribution in [0.15, 0.2) is 83.8 Å². The number of aliphatic hydroxyl groups excluding tert-OH is 1. The van der Waals surface area contributed by atoms with Crippen LogP contribution < -0.4 is 15.4 Å². The summed E-state index contributed by atoms with van der Waals surface area (Å²) in [7, 11) is -2.04. The molecule has 0 heterocycles. The molecule has 192 valence electrons. The SMILES string of the molecule is COc1cccc(CNC[C@@H](O)[C@H](Cc2ccccc2)NC(=O)CCS(=O)(=O)c2ccc(Cl)cc2)c1. The predicted octanol–water partition coefficient (Wildman–Crippen LogP) is 3.39. The van der Waals surface area contributed by atoms with Gasteiger partial charge in [-0.2, -0.15) is 0 Å². The van der Waals surface area contributed by atoms with Gasteiger partial charge in [-0.3, -0.25) is 4.79 Å². The Labute approximate surface area is 217 Å². The second kappa shape index (κ2) is 13.4. The maximum absolute atomic E-state index is 12.7. The van der Waals surface area contributed by atoms with Gasteiger partial charge in [0.05, 0.1) is 29.9 Å². The third-order valence-corrected chi connectivity index (χ3v) is 7.68. The molecular weight excluding hydrogens is 500 g/mol. The van der Waals surface area contributed by atoms with E-state index in [4.69, 9.17) is 16.3 Å². The Bertz CT molecular complexity index is 1220. The second-order valence-electron chi connectivity index (χ2n) is 8.44. The van der Waals surface area contributed by atoms with Gasteiger partial charge in [0, 0.05) is 24.5 Å². The number of rotatable bonds is 13. The molecule has 0 unspecified atom stereocenters. The highest BCUT2D eigenvalue weighted by Gasteiger charge is 2.23. The largest absolute Gasteiger partial charge is 0.497 e. The molecule has 3 aromatic rings. The van der Waals surface area contributed by atoms with Crippen LogP contribution in [0.1, 0.15) is 17.5 Å². The van der Waals surface area contributed by atoms with Crippen LogP contribution in [-0.2, 0) is 27.6 Å². The molecule has 0 spiro atoms. The fourth-order valence-electron chi connectivity index (χ4n) is 3.71. The normalized spacial score (nSPS) is 13.1. The van der Waals surface area contributed by atoms with Crippen molar-refractivity contribution < 1.29 is 23.1 Å². The fraction of sp³-hybridized carbons (Fsp3) is 0.296. The number of hydrogen-bond acceptors (Lipinski definition) is 6. The van der Waals surface area contributed by atoms with E-state index in [0.717, 1.165) is 16.9 Å². The molecule has 7 nitrogen and oxygen atoms in total. The average molecular weight is 531 g/mol. The summed E-state index contributed by atoms with van der Waals surface area (Å²) < 4.78 is 30.4. The number of halogens is 1. The van der Waals surface area contributed by atoms with Crippen LogP contribution in [0, 0.1) is 0 Å². The standard InChI is InChI=1S/C27H31ClN2O5S/c1-35-23-9-5-8-21(16-23)18-29-19-26(31)25(17-20-6-3-2-4-7-20)30-27(32)14-15-36(33,34)24-12-10-22(28)11-13-24/h2-13,16,25-26,29,31H,14-15,17-19H2,1H3,(H,30,32)/t25-,26+/m0/s1. The van der Waals surface area contributed by atoms with E-state index < -0.39 is 27.9 Å². The van der Waals surface area contributed by atoms with Gasteiger partial charge in [0.15, 0.2) is 9.84 Å². The van der Waals surface area contributed by atoms with Crippen molar-refractivity contribution in [2.45, 2.75) is 36.4 Å². The summed E-state index contributed by atoms with van der Waals surface area (Å²) in [5.41, 5.74) is 1.95.